The Kier molecular flexibility index (Phi) is 4.66. The molecule has 0 aromatic heterocycles. The van der Waals surface area contributed by atoms with E-state index in [1.807, 2.05) is 13.8 Å². The maximum absolute atomic E-state index is 13.1. The van der Waals surface area contributed by atoms with Gasteiger partial charge in [0.25, 0.3) is 0 Å². The molecule has 0 bridgehead atoms. The van der Waals surface area contributed by atoms with Gasteiger partial charge in [0, 0.05) is 24.3 Å². The van der Waals surface area contributed by atoms with Crippen molar-refractivity contribution in [2.45, 2.75) is 109 Å². The van der Waals surface area contributed by atoms with Gasteiger partial charge in [-0.15, -0.1) is 0 Å². The van der Waals surface area contributed by atoms with Gasteiger partial charge in [0.1, 0.15) is 6.10 Å². The Morgan fingerprint density at radius 3 is 2.58 bits per heavy atom. The summed E-state index contributed by atoms with van der Waals surface area (Å²) in [6, 6.07) is 0. The lowest BCUT2D eigenvalue weighted by atomic mass is 9.47. The zero-order chi connectivity index (χ0) is 23.5. The number of hydrogen-bond acceptors (Lipinski definition) is 6. The number of epoxide rings is 1. The summed E-state index contributed by atoms with van der Waals surface area (Å²) in [6.45, 7) is 8.54. The van der Waals surface area contributed by atoms with E-state index in [0.29, 0.717) is 18.3 Å². The smallest absolute Gasteiger partial charge is 0.333 e. The van der Waals surface area contributed by atoms with E-state index in [4.69, 9.17) is 9.47 Å². The Balaban J connectivity index is 1.28. The maximum Gasteiger partial charge on any atom is 0.333 e. The third kappa shape index (κ3) is 2.61. The number of Topliss-reactive ketones (excluding diaryl/α,β-unsaturated/α-hetero) is 1. The molecule has 1 spiro atoms. The van der Waals surface area contributed by atoms with Gasteiger partial charge in [-0.1, -0.05) is 19.4 Å². The Morgan fingerprint density at radius 1 is 1.09 bits per heavy atom. The molecular weight excluding hydrogens is 420 g/mol. The fourth-order valence-corrected chi connectivity index (χ4v) is 9.43. The van der Waals surface area contributed by atoms with Gasteiger partial charge in [-0.2, -0.15) is 0 Å². The van der Waals surface area contributed by atoms with E-state index < -0.39 is 17.3 Å². The van der Waals surface area contributed by atoms with E-state index in [1.54, 1.807) is 0 Å². The summed E-state index contributed by atoms with van der Waals surface area (Å²) in [7, 11) is 0. The molecule has 0 aromatic rings. The van der Waals surface area contributed by atoms with Crippen molar-refractivity contribution in [1.29, 1.82) is 0 Å². The van der Waals surface area contributed by atoms with Gasteiger partial charge in [-0.3, -0.25) is 4.79 Å². The van der Waals surface area contributed by atoms with Crippen LogP contribution in [0.1, 0.15) is 79.1 Å². The van der Waals surface area contributed by atoms with Crippen molar-refractivity contribution < 1.29 is 29.3 Å². The highest BCUT2D eigenvalue weighted by Crippen LogP contribution is 2.71. The van der Waals surface area contributed by atoms with Crippen LogP contribution in [0, 0.1) is 35.0 Å². The van der Waals surface area contributed by atoms with Crippen molar-refractivity contribution in [3.8, 4) is 0 Å². The minimum Gasteiger partial charge on any atom is -0.458 e. The van der Waals surface area contributed by atoms with Crippen molar-refractivity contribution in [2.75, 3.05) is 0 Å². The van der Waals surface area contributed by atoms with E-state index in [0.717, 1.165) is 49.7 Å². The molecule has 0 radical (unpaired) electrons. The highest BCUT2D eigenvalue weighted by atomic mass is 16.6. The van der Waals surface area contributed by atoms with Gasteiger partial charge in [0.2, 0.25) is 0 Å². The second-order valence-electron chi connectivity index (χ2n) is 12.4. The molecule has 6 aliphatic rings. The van der Waals surface area contributed by atoms with E-state index in [9.17, 15) is 19.8 Å². The van der Waals surface area contributed by atoms with Crippen LogP contribution in [0.5, 0.6) is 0 Å². The Bertz CT molecular complexity index is 941. The Labute approximate surface area is 196 Å². The van der Waals surface area contributed by atoms with E-state index in [-0.39, 0.29) is 53.6 Å². The predicted molar refractivity (Wildman–Crippen MR) is 120 cm³/mol. The zero-order valence-corrected chi connectivity index (χ0v) is 20.3. The van der Waals surface area contributed by atoms with Crippen LogP contribution >= 0.6 is 0 Å². The second kappa shape index (κ2) is 6.92. The number of carbonyl (C=O) groups is 2. The Morgan fingerprint density at radius 2 is 1.85 bits per heavy atom. The lowest BCUT2D eigenvalue weighted by Crippen LogP contribution is -2.70. The number of ether oxygens (including phenoxy) is 2. The van der Waals surface area contributed by atoms with E-state index in [1.165, 1.54) is 0 Å². The third-order valence-corrected chi connectivity index (χ3v) is 11.4. The molecular formula is C27H38O6. The quantitative estimate of drug-likeness (QED) is 0.487. The maximum atomic E-state index is 13.1. The molecule has 2 N–H and O–H groups in total. The fourth-order valence-electron chi connectivity index (χ4n) is 9.43. The SMILES string of the molecule is CC1=C(C)C(=O)OC(C(C)C2CCC3C4CC5OC56C(O)CCC(=O)C6(O)C4CCC23C)C1. The molecule has 6 rings (SSSR count). The average molecular weight is 459 g/mol. The first kappa shape index (κ1) is 22.2. The molecule has 182 valence electrons. The second-order valence-corrected chi connectivity index (χ2v) is 12.4. The number of aliphatic hydroxyl groups excluding tert-OH is 1. The van der Waals surface area contributed by atoms with Crippen molar-refractivity contribution >= 4 is 11.8 Å². The summed E-state index contributed by atoms with van der Waals surface area (Å²) < 4.78 is 11.9. The van der Waals surface area contributed by atoms with Crippen LogP contribution in [0.4, 0.5) is 0 Å². The van der Waals surface area contributed by atoms with Crippen LogP contribution in [0.25, 0.3) is 0 Å². The van der Waals surface area contributed by atoms with Crippen LogP contribution in [0.15, 0.2) is 11.1 Å². The number of ketones is 1. The summed E-state index contributed by atoms with van der Waals surface area (Å²) in [5.41, 5.74) is -0.615. The molecule has 2 aliphatic heterocycles. The summed E-state index contributed by atoms with van der Waals surface area (Å²) >= 11 is 0. The number of fused-ring (bicyclic) bond motifs is 4. The number of hydrogen-bond donors (Lipinski definition) is 2. The molecule has 11 unspecified atom stereocenters. The highest BCUT2D eigenvalue weighted by Gasteiger charge is 2.82. The molecule has 6 nitrogen and oxygen atoms in total. The van der Waals surface area contributed by atoms with Crippen LogP contribution in [-0.2, 0) is 19.1 Å². The molecule has 4 saturated carbocycles. The standard InChI is InChI=1S/C27H38O6/c1-13-11-20(32-24(30)14(13)2)15(3)17-5-6-18-16-12-23-27(33-23)22(29)8-7-21(28)26(27,31)19(16)9-10-25(17,18)4/h15-20,22-23,29,31H,5-12H2,1-4H3. The first-order valence-corrected chi connectivity index (χ1v) is 13.0. The molecule has 33 heavy (non-hydrogen) atoms. The molecule has 2 heterocycles. The number of carbonyl (C=O) groups excluding carboxylic acids is 2. The van der Waals surface area contributed by atoms with Gasteiger partial charge < -0.3 is 19.7 Å². The molecule has 6 heteroatoms. The normalized spacial score (nSPS) is 54.1. The Hall–Kier alpha value is -1.24. The third-order valence-electron chi connectivity index (χ3n) is 11.4. The van der Waals surface area contributed by atoms with Crippen LogP contribution in [0.3, 0.4) is 0 Å². The summed E-state index contributed by atoms with van der Waals surface area (Å²) in [6.07, 6.45) is 5.14. The van der Waals surface area contributed by atoms with E-state index >= 15 is 0 Å². The van der Waals surface area contributed by atoms with Crippen molar-refractivity contribution in [2.24, 2.45) is 35.0 Å². The largest absolute Gasteiger partial charge is 0.458 e. The average Bonchev–Trinajstić information content (AvgIpc) is 3.41. The van der Waals surface area contributed by atoms with Crippen molar-refractivity contribution in [3.63, 3.8) is 0 Å². The molecule has 1 saturated heterocycles. The van der Waals surface area contributed by atoms with Crippen molar-refractivity contribution in [1.82, 2.24) is 0 Å². The van der Waals surface area contributed by atoms with Crippen LogP contribution < -0.4 is 0 Å². The van der Waals surface area contributed by atoms with E-state index in [2.05, 4.69) is 13.8 Å². The molecule has 0 amide bonds. The molecule has 4 aliphatic carbocycles. The monoisotopic (exact) mass is 458 g/mol. The minimum atomic E-state index is -1.54. The highest BCUT2D eigenvalue weighted by molar-refractivity contribution is 5.91. The summed E-state index contributed by atoms with van der Waals surface area (Å²) in [5.74, 6) is 0.934. The molecule has 5 fully saturated rings. The predicted octanol–water partition coefficient (Wildman–Crippen LogP) is 3.33. The van der Waals surface area contributed by atoms with Gasteiger partial charge >= 0.3 is 5.97 Å². The number of aliphatic hydroxyl groups is 2. The number of esters is 1. The van der Waals surface area contributed by atoms with Crippen LogP contribution in [0.2, 0.25) is 0 Å². The zero-order valence-electron chi connectivity index (χ0n) is 20.3. The van der Waals surface area contributed by atoms with Crippen LogP contribution in [-0.4, -0.2) is 51.5 Å². The first-order valence-electron chi connectivity index (χ1n) is 13.0. The van der Waals surface area contributed by atoms with Crippen molar-refractivity contribution in [3.05, 3.63) is 11.1 Å². The molecule has 0 aromatic carbocycles. The van der Waals surface area contributed by atoms with Gasteiger partial charge in [0.15, 0.2) is 17.0 Å². The van der Waals surface area contributed by atoms with Gasteiger partial charge in [-0.05, 0) is 81.5 Å². The van der Waals surface area contributed by atoms with Gasteiger partial charge in [0.05, 0.1) is 12.2 Å². The number of rotatable bonds is 2. The number of cyclic esters (lactones) is 1. The lowest BCUT2D eigenvalue weighted by molar-refractivity contribution is -0.197. The fraction of sp³-hybridized carbons (Fsp3) is 0.852. The molecule has 11 atom stereocenters. The minimum absolute atomic E-state index is 0.0791. The summed E-state index contributed by atoms with van der Waals surface area (Å²) in [4.78, 5) is 25.5. The lowest BCUT2D eigenvalue weighted by Gasteiger charge is -2.58. The summed E-state index contributed by atoms with van der Waals surface area (Å²) in [5, 5.41) is 22.6. The first-order chi connectivity index (χ1) is 15.6. The topological polar surface area (TPSA) is 96.4 Å². The van der Waals surface area contributed by atoms with Gasteiger partial charge in [-0.25, -0.2) is 4.79 Å².